The van der Waals surface area contributed by atoms with Crippen LogP contribution in [-0.4, -0.2) is 75.0 Å². The number of hydrogen-bond acceptors (Lipinski definition) is 12. The molecule has 75 heavy (non-hydrogen) atoms. The molecule has 0 bridgehead atoms. The van der Waals surface area contributed by atoms with E-state index < -0.39 is 5.60 Å². The average molecular weight is 1060 g/mol. The summed E-state index contributed by atoms with van der Waals surface area (Å²) in [6, 6.07) is 8.88. The summed E-state index contributed by atoms with van der Waals surface area (Å²) in [5.74, 6) is -0.248. The normalized spacial score (nSPS) is 10.7. The van der Waals surface area contributed by atoms with E-state index in [-0.39, 0.29) is 35.8 Å². The van der Waals surface area contributed by atoms with Crippen LogP contribution < -0.4 is 0 Å². The number of unbranched alkanes of at least 4 members (excludes halogenated alkanes) is 15. The molecule has 12 nitrogen and oxygen atoms in total. The van der Waals surface area contributed by atoms with E-state index in [0.717, 1.165) is 51.4 Å². The fraction of sp³-hybridized carbons (Fsp3) is 0.746. The predicted octanol–water partition coefficient (Wildman–Crippen LogP) is 17.4. The lowest BCUT2D eigenvalue weighted by Crippen LogP contribution is -2.29. The Morgan fingerprint density at radius 3 is 1.29 bits per heavy atom. The monoisotopic (exact) mass is 1060 g/mol. The maximum atomic E-state index is 11.4. The first kappa shape index (κ1) is 79.4. The van der Waals surface area contributed by atoms with Crippen molar-refractivity contribution in [2.45, 2.75) is 269 Å². The van der Waals surface area contributed by atoms with Gasteiger partial charge in [-0.05, 0) is 111 Å². The first-order valence-corrected chi connectivity index (χ1v) is 29.1. The van der Waals surface area contributed by atoms with Crippen LogP contribution in [0.15, 0.2) is 54.6 Å². The number of hydrogen-bond donors (Lipinski definition) is 0. The lowest BCUT2D eigenvalue weighted by Gasteiger charge is -2.25. The second kappa shape index (κ2) is 62.1. The number of esters is 6. The number of carbonyl (C=O) groups is 6. The van der Waals surface area contributed by atoms with Crippen molar-refractivity contribution in [3.63, 3.8) is 0 Å². The fourth-order valence-corrected chi connectivity index (χ4v) is 6.48. The van der Waals surface area contributed by atoms with Gasteiger partial charge < -0.3 is 28.4 Å². The minimum Gasteiger partial charge on any atom is -0.466 e. The third-order valence-corrected chi connectivity index (χ3v) is 10.8. The van der Waals surface area contributed by atoms with E-state index in [1.807, 2.05) is 61.5 Å². The van der Waals surface area contributed by atoms with E-state index in [1.165, 1.54) is 103 Å². The van der Waals surface area contributed by atoms with Crippen LogP contribution in [0.4, 0.5) is 0 Å². The Balaban J connectivity index is -0.000000265. The van der Waals surface area contributed by atoms with Gasteiger partial charge in [-0.25, -0.2) is 4.79 Å². The van der Waals surface area contributed by atoms with Crippen molar-refractivity contribution in [2.75, 3.05) is 33.5 Å². The molecule has 0 fully saturated rings. The Bertz CT molecular complexity index is 1500. The first-order valence-electron chi connectivity index (χ1n) is 29.1. The maximum Gasteiger partial charge on any atom is 0.337 e. The number of allylic oxidation sites excluding steroid dienone is 2. The molecular weight excluding hydrogens is 949 g/mol. The number of carbonyl (C=O) groups excluding carboxylic acids is 6. The highest BCUT2D eigenvalue weighted by Crippen LogP contribution is 2.21. The molecular formula is C63H114O12. The van der Waals surface area contributed by atoms with E-state index in [1.54, 1.807) is 30.3 Å². The highest BCUT2D eigenvalue weighted by atomic mass is 16.6. The minimum absolute atomic E-state index is 0.0366. The fourth-order valence-electron chi connectivity index (χ4n) is 6.48. The third kappa shape index (κ3) is 67.5. The topological polar surface area (TPSA) is 158 Å². The largest absolute Gasteiger partial charge is 0.466 e. The minimum atomic E-state index is -0.530. The average Bonchev–Trinajstić information content (AvgIpc) is 3.36. The van der Waals surface area contributed by atoms with Crippen LogP contribution in [0.3, 0.4) is 0 Å². The molecule has 1 atom stereocenters. The Labute approximate surface area is 460 Å². The molecule has 0 N–H and O–H groups in total. The van der Waals surface area contributed by atoms with Crippen molar-refractivity contribution >= 4 is 35.8 Å². The van der Waals surface area contributed by atoms with Gasteiger partial charge in [0.1, 0.15) is 5.60 Å². The highest BCUT2D eigenvalue weighted by molar-refractivity contribution is 5.89. The van der Waals surface area contributed by atoms with Crippen LogP contribution in [0.25, 0.3) is 0 Å². The summed E-state index contributed by atoms with van der Waals surface area (Å²) in [6.07, 6.45) is 32.4. The van der Waals surface area contributed by atoms with Gasteiger partial charge in [-0.15, -0.1) is 0 Å². The van der Waals surface area contributed by atoms with Crippen molar-refractivity contribution in [2.24, 2.45) is 5.92 Å². The number of benzene rings is 1. The zero-order valence-electron chi connectivity index (χ0n) is 50.6. The van der Waals surface area contributed by atoms with E-state index >= 15 is 0 Å². The van der Waals surface area contributed by atoms with Crippen LogP contribution in [0.1, 0.15) is 274 Å². The van der Waals surface area contributed by atoms with Gasteiger partial charge in [0.2, 0.25) is 0 Å². The number of rotatable bonds is 36. The van der Waals surface area contributed by atoms with Gasteiger partial charge in [-0.1, -0.05) is 181 Å². The molecule has 0 aliphatic rings. The highest BCUT2D eigenvalue weighted by Gasteiger charge is 2.23. The Hall–Kier alpha value is -4.48. The summed E-state index contributed by atoms with van der Waals surface area (Å²) in [5.41, 5.74) is 1.34. The molecule has 12 heteroatoms. The number of methoxy groups -OCH3 is 1. The van der Waals surface area contributed by atoms with E-state index in [0.29, 0.717) is 70.0 Å². The molecule has 0 amide bonds. The third-order valence-electron chi connectivity index (χ3n) is 10.8. The Morgan fingerprint density at radius 1 is 0.520 bits per heavy atom. The van der Waals surface area contributed by atoms with Gasteiger partial charge in [-0.3, -0.25) is 24.0 Å². The summed E-state index contributed by atoms with van der Waals surface area (Å²) in [7, 11) is 1.37. The first-order chi connectivity index (χ1) is 35.9. The molecule has 0 spiro atoms. The second-order valence-corrected chi connectivity index (χ2v) is 19.2. The van der Waals surface area contributed by atoms with Crippen molar-refractivity contribution in [1.29, 1.82) is 0 Å². The standard InChI is InChI=1S/C14H24O2.C14H28O2.C12H24O2.C8H8O2.C8H16O2.C7H14O2/c1-6-9-13(15)16-14(5,7-2)11-8-10-12(3)4;1-3-5-6-7-8-9-10-11-12-13-14(15)16-4-2;1-3-5-6-7-8-9-10-11-12(13)14-4-2;1-10-8(9)7-5-3-2-4-6-7;1-3-5-7-10-8(9)6-4-2;1-4-9-7(8)5-6(2)3/h7,10H,2,6,8-9,11H2,1,3-5H3;3-13H2,1-2H3;3-11H2,1-2H3;2-6H,1H3;3-7H2,1-2H3;6H,4-5H2,1-3H3. The SMILES string of the molecule is C=CC(C)(CCC=C(C)C)OC(=O)CCC.CCCCCCCCCC(=O)OCC.CCCCCCCCCCCC(=O)OCC.CCCCOC(=O)CCC.CCOC(=O)CC(C)C.COC(=O)c1ccccc1. The molecule has 0 saturated heterocycles. The van der Waals surface area contributed by atoms with E-state index in [2.05, 4.69) is 52.0 Å². The quantitative estimate of drug-likeness (QED) is 0.0271. The lowest BCUT2D eigenvalue weighted by molar-refractivity contribution is -0.154. The summed E-state index contributed by atoms with van der Waals surface area (Å²) in [5, 5.41) is 0. The number of ether oxygens (including phenoxy) is 6. The van der Waals surface area contributed by atoms with Crippen molar-refractivity contribution in [1.82, 2.24) is 0 Å². The van der Waals surface area contributed by atoms with E-state index in [4.69, 9.17) is 23.7 Å². The zero-order valence-corrected chi connectivity index (χ0v) is 50.6. The van der Waals surface area contributed by atoms with Gasteiger partial charge in [-0.2, -0.15) is 0 Å². The van der Waals surface area contributed by atoms with Gasteiger partial charge in [0.15, 0.2) is 0 Å². The molecule has 0 aliphatic carbocycles. The summed E-state index contributed by atoms with van der Waals surface area (Å²) in [4.78, 5) is 65.5. The Kier molecular flexibility index (Phi) is 65.7. The van der Waals surface area contributed by atoms with Crippen molar-refractivity contribution in [3.05, 3.63) is 60.2 Å². The van der Waals surface area contributed by atoms with Gasteiger partial charge in [0.25, 0.3) is 0 Å². The molecule has 0 saturated carbocycles. The summed E-state index contributed by atoms with van der Waals surface area (Å²) >= 11 is 0. The lowest BCUT2D eigenvalue weighted by atomic mass is 9.99. The van der Waals surface area contributed by atoms with Crippen LogP contribution in [0, 0.1) is 5.92 Å². The second-order valence-electron chi connectivity index (χ2n) is 19.2. The van der Waals surface area contributed by atoms with Crippen LogP contribution >= 0.6 is 0 Å². The molecule has 1 aromatic rings. The summed E-state index contributed by atoms with van der Waals surface area (Å²) in [6.45, 7) is 31.9. The molecule has 1 aromatic carbocycles. The molecule has 1 unspecified atom stereocenters. The molecule has 0 radical (unpaired) electrons. The van der Waals surface area contributed by atoms with Gasteiger partial charge >= 0.3 is 35.8 Å². The van der Waals surface area contributed by atoms with E-state index in [9.17, 15) is 28.8 Å². The van der Waals surface area contributed by atoms with Crippen LogP contribution in [0.5, 0.6) is 0 Å². The van der Waals surface area contributed by atoms with Gasteiger partial charge in [0, 0.05) is 32.1 Å². The summed E-state index contributed by atoms with van der Waals surface area (Å²) < 4.78 is 29.2. The maximum absolute atomic E-state index is 11.4. The molecule has 0 heterocycles. The van der Waals surface area contributed by atoms with Crippen molar-refractivity contribution in [3.8, 4) is 0 Å². The smallest absolute Gasteiger partial charge is 0.337 e. The van der Waals surface area contributed by atoms with Crippen LogP contribution in [-0.2, 0) is 52.4 Å². The predicted molar refractivity (Wildman–Crippen MR) is 311 cm³/mol. The molecule has 438 valence electrons. The zero-order chi connectivity index (χ0) is 57.8. The van der Waals surface area contributed by atoms with Crippen molar-refractivity contribution < 1.29 is 57.2 Å². The van der Waals surface area contributed by atoms with Gasteiger partial charge in [0.05, 0.1) is 39.1 Å². The van der Waals surface area contributed by atoms with Crippen LogP contribution in [0.2, 0.25) is 0 Å². The molecule has 0 aliphatic heterocycles. The molecule has 1 rings (SSSR count). The molecule has 0 aromatic heterocycles. The Morgan fingerprint density at radius 2 is 0.920 bits per heavy atom.